The van der Waals surface area contributed by atoms with Crippen LogP contribution in [0.3, 0.4) is 0 Å². The Hall–Kier alpha value is -4.19. The zero-order chi connectivity index (χ0) is 31.4. The van der Waals surface area contributed by atoms with Crippen molar-refractivity contribution in [2.75, 3.05) is 19.6 Å². The Morgan fingerprint density at radius 1 is 0.659 bits per heavy atom. The first-order valence-electron chi connectivity index (χ1n) is 13.3. The van der Waals surface area contributed by atoms with E-state index in [2.05, 4.69) is 26.6 Å². The number of hydrogen-bond acceptors (Lipinski definition) is 9. The lowest BCUT2D eigenvalue weighted by Gasteiger charge is -2.25. The molecule has 0 saturated heterocycles. The Labute approximate surface area is 238 Å². The molecule has 0 spiro atoms. The number of aliphatic carboxylic acids is 2. The Bertz CT molecular complexity index is 903. The predicted molar refractivity (Wildman–Crippen MR) is 149 cm³/mol. The van der Waals surface area contributed by atoms with E-state index in [4.69, 9.17) is 38.9 Å². The van der Waals surface area contributed by atoms with Gasteiger partial charge in [0.15, 0.2) is 11.9 Å². The molecule has 0 radical (unpaired) electrons. The second kappa shape index (κ2) is 20.7. The van der Waals surface area contributed by atoms with E-state index in [-0.39, 0.29) is 50.6 Å². The molecule has 4 atom stereocenters. The standard InChI is InChI=1S/C23H45N11O7/c24-10-2-1-6-14(19(38)34-16(21(40)41)7-4-12-31-23(28)29)33-20(39)15(8-9-17(35)36)32-18(37)13(25)5-3-11-30-22(26)27/h13-16H,1-12,24-25H2,(H,32,37)(H,33,39)(H,34,38)(H,35,36)(H,40,41)(H4,26,27,30)(H4,28,29,31)/t13-,14-,15-,16-/m0/s1. The van der Waals surface area contributed by atoms with Gasteiger partial charge in [0.2, 0.25) is 17.7 Å². The molecule has 0 rings (SSSR count). The maximum atomic E-state index is 13.1. The zero-order valence-electron chi connectivity index (χ0n) is 23.0. The van der Waals surface area contributed by atoms with E-state index >= 15 is 0 Å². The molecule has 0 bridgehead atoms. The van der Waals surface area contributed by atoms with Gasteiger partial charge in [0.25, 0.3) is 0 Å². The number of unbranched alkanes of at least 4 members (excludes halogenated alkanes) is 1. The number of carbonyl (C=O) groups excluding carboxylic acids is 3. The average Bonchev–Trinajstić information content (AvgIpc) is 2.89. The van der Waals surface area contributed by atoms with Gasteiger partial charge in [-0.3, -0.25) is 30.0 Å². The monoisotopic (exact) mass is 587 g/mol. The Balaban J connectivity index is 5.48. The van der Waals surface area contributed by atoms with Gasteiger partial charge in [0.1, 0.15) is 18.1 Å². The van der Waals surface area contributed by atoms with Crippen LogP contribution in [0.15, 0.2) is 0 Å². The highest BCUT2D eigenvalue weighted by atomic mass is 16.4. The molecule has 0 aliphatic carbocycles. The summed E-state index contributed by atoms with van der Waals surface area (Å²) in [4.78, 5) is 61.6. The third-order valence-corrected chi connectivity index (χ3v) is 5.80. The van der Waals surface area contributed by atoms with Crippen molar-refractivity contribution in [1.82, 2.24) is 26.6 Å². The topological polar surface area (TPSA) is 338 Å². The van der Waals surface area contributed by atoms with Gasteiger partial charge < -0.3 is 59.7 Å². The summed E-state index contributed by atoms with van der Waals surface area (Å²) in [5, 5.41) is 45.3. The number of carboxylic acid groups (broad SMARTS) is 2. The van der Waals surface area contributed by atoms with E-state index in [0.29, 0.717) is 32.4 Å². The molecule has 0 unspecified atom stereocenters. The lowest BCUT2D eigenvalue weighted by atomic mass is 10.0. The Kier molecular flexibility index (Phi) is 18.6. The molecule has 17 N–H and O–H groups in total. The van der Waals surface area contributed by atoms with Gasteiger partial charge >= 0.3 is 11.9 Å². The summed E-state index contributed by atoms with van der Waals surface area (Å²) in [6.07, 6.45) is 1.15. The molecule has 18 heteroatoms. The van der Waals surface area contributed by atoms with Gasteiger partial charge in [-0.05, 0) is 57.9 Å². The van der Waals surface area contributed by atoms with E-state index in [1.54, 1.807) is 0 Å². The van der Waals surface area contributed by atoms with Crippen molar-refractivity contribution >= 4 is 41.6 Å². The SMILES string of the molecule is N=C(N)NCCC[C@H](NC(=O)[C@H](CCCCN)NC(=O)[C@H](CCC(=O)O)NC(=O)[C@@H](N)CCCNC(=N)N)C(=O)O. The van der Waals surface area contributed by atoms with Crippen LogP contribution in [0.25, 0.3) is 0 Å². The third kappa shape index (κ3) is 17.9. The molecule has 0 aliphatic rings. The number of guanidine groups is 2. The minimum Gasteiger partial charge on any atom is -0.481 e. The van der Waals surface area contributed by atoms with Crippen molar-refractivity contribution < 1.29 is 34.2 Å². The molecular weight excluding hydrogens is 542 g/mol. The number of hydrogen-bond donors (Lipinski definition) is 13. The van der Waals surface area contributed by atoms with Crippen LogP contribution in [0, 0.1) is 10.8 Å². The van der Waals surface area contributed by atoms with E-state index < -0.39 is 60.2 Å². The van der Waals surface area contributed by atoms with Gasteiger partial charge in [-0.25, -0.2) is 4.79 Å². The third-order valence-electron chi connectivity index (χ3n) is 5.80. The van der Waals surface area contributed by atoms with Crippen LogP contribution in [0.4, 0.5) is 0 Å². The highest BCUT2D eigenvalue weighted by Gasteiger charge is 2.30. The van der Waals surface area contributed by atoms with Gasteiger partial charge in [0, 0.05) is 19.5 Å². The van der Waals surface area contributed by atoms with E-state index in [0.717, 1.165) is 0 Å². The Morgan fingerprint density at radius 2 is 1.12 bits per heavy atom. The van der Waals surface area contributed by atoms with E-state index in [9.17, 15) is 29.1 Å². The van der Waals surface area contributed by atoms with Crippen molar-refractivity contribution in [2.24, 2.45) is 22.9 Å². The number of nitrogens with two attached hydrogens (primary N) is 4. The van der Waals surface area contributed by atoms with Crippen molar-refractivity contribution in [2.45, 2.75) is 82.0 Å². The smallest absolute Gasteiger partial charge is 0.326 e. The van der Waals surface area contributed by atoms with Crippen molar-refractivity contribution in [3.8, 4) is 0 Å². The van der Waals surface area contributed by atoms with Crippen LogP contribution in [0.1, 0.15) is 57.8 Å². The molecule has 0 fully saturated rings. The maximum absolute atomic E-state index is 13.1. The maximum Gasteiger partial charge on any atom is 0.326 e. The fourth-order valence-corrected chi connectivity index (χ4v) is 3.58. The van der Waals surface area contributed by atoms with Gasteiger partial charge in [-0.1, -0.05) is 0 Å². The summed E-state index contributed by atoms with van der Waals surface area (Å²) in [5.74, 6) is -5.36. The number of amides is 3. The van der Waals surface area contributed by atoms with Crippen molar-refractivity contribution in [3.63, 3.8) is 0 Å². The lowest BCUT2D eigenvalue weighted by Crippen LogP contribution is -2.57. The molecule has 41 heavy (non-hydrogen) atoms. The quantitative estimate of drug-likeness (QED) is 0.0331. The minimum absolute atomic E-state index is 0.0158. The molecule has 0 aromatic heterocycles. The minimum atomic E-state index is -1.34. The van der Waals surface area contributed by atoms with Crippen LogP contribution < -0.4 is 49.5 Å². The van der Waals surface area contributed by atoms with Gasteiger partial charge in [-0.15, -0.1) is 0 Å². The van der Waals surface area contributed by atoms with E-state index in [1.807, 2.05) is 0 Å². The van der Waals surface area contributed by atoms with Gasteiger partial charge in [-0.2, -0.15) is 0 Å². The first-order valence-corrected chi connectivity index (χ1v) is 13.3. The number of rotatable bonds is 22. The highest BCUT2D eigenvalue weighted by molar-refractivity contribution is 5.94. The van der Waals surface area contributed by atoms with Crippen LogP contribution >= 0.6 is 0 Å². The lowest BCUT2D eigenvalue weighted by molar-refractivity contribution is -0.142. The summed E-state index contributed by atoms with van der Waals surface area (Å²) in [7, 11) is 0. The zero-order valence-corrected chi connectivity index (χ0v) is 23.0. The average molecular weight is 588 g/mol. The summed E-state index contributed by atoms with van der Waals surface area (Å²) >= 11 is 0. The highest BCUT2D eigenvalue weighted by Crippen LogP contribution is 2.07. The summed E-state index contributed by atoms with van der Waals surface area (Å²) in [5.41, 5.74) is 21.8. The summed E-state index contributed by atoms with van der Waals surface area (Å²) in [6, 6.07) is -4.86. The number of carbonyl (C=O) groups is 5. The largest absolute Gasteiger partial charge is 0.481 e. The normalized spacial score (nSPS) is 13.5. The van der Waals surface area contributed by atoms with Crippen molar-refractivity contribution in [3.05, 3.63) is 0 Å². The molecule has 3 amide bonds. The predicted octanol–water partition coefficient (Wildman–Crippen LogP) is -3.63. The molecule has 18 nitrogen and oxygen atoms in total. The van der Waals surface area contributed by atoms with Crippen LogP contribution in [-0.4, -0.2) is 95.6 Å². The first kappa shape index (κ1) is 36.8. The summed E-state index contributed by atoms with van der Waals surface area (Å²) < 4.78 is 0. The molecule has 0 saturated carbocycles. The molecular formula is C23H45N11O7. The second-order valence-corrected chi connectivity index (χ2v) is 9.31. The van der Waals surface area contributed by atoms with Crippen molar-refractivity contribution in [1.29, 1.82) is 10.8 Å². The number of nitrogens with one attached hydrogen (secondary N) is 7. The van der Waals surface area contributed by atoms with E-state index in [1.165, 1.54) is 0 Å². The molecule has 0 aromatic rings. The van der Waals surface area contributed by atoms with Gasteiger partial charge in [0.05, 0.1) is 6.04 Å². The molecule has 0 heterocycles. The van der Waals surface area contributed by atoms with Crippen LogP contribution in [0.5, 0.6) is 0 Å². The second-order valence-electron chi connectivity index (χ2n) is 9.31. The molecule has 234 valence electrons. The number of carboxylic acids is 2. The molecule has 0 aliphatic heterocycles. The fourth-order valence-electron chi connectivity index (χ4n) is 3.58. The van der Waals surface area contributed by atoms with Crippen LogP contribution in [-0.2, 0) is 24.0 Å². The fraction of sp³-hybridized carbons (Fsp3) is 0.696. The van der Waals surface area contributed by atoms with Crippen LogP contribution in [0.2, 0.25) is 0 Å². The molecule has 0 aromatic carbocycles. The summed E-state index contributed by atoms with van der Waals surface area (Å²) in [6.45, 7) is 0.829. The Morgan fingerprint density at radius 3 is 1.61 bits per heavy atom. The first-order chi connectivity index (χ1) is 19.3.